The SMILES string of the molecule is Cc1ccc2nc(CSc3nnc(C[C@@H](C)c4ccccc4)o3)cc(=O)n2c1. The Morgan fingerprint density at radius 1 is 1.14 bits per heavy atom. The Kier molecular flexibility index (Phi) is 5.25. The van der Waals surface area contributed by atoms with E-state index in [1.165, 1.54) is 17.3 Å². The third kappa shape index (κ3) is 4.14. The van der Waals surface area contributed by atoms with Gasteiger partial charge in [-0.05, 0) is 30.0 Å². The lowest BCUT2D eigenvalue weighted by Gasteiger charge is -2.08. The van der Waals surface area contributed by atoms with Crippen LogP contribution in [0.25, 0.3) is 5.65 Å². The molecular formula is C21H20N4O2S. The second-order valence-corrected chi connectivity index (χ2v) is 7.71. The molecule has 0 aliphatic carbocycles. The lowest BCUT2D eigenvalue weighted by molar-refractivity contribution is 0.404. The van der Waals surface area contributed by atoms with Crippen molar-refractivity contribution in [3.8, 4) is 0 Å². The number of hydrogen-bond donors (Lipinski definition) is 0. The van der Waals surface area contributed by atoms with Gasteiger partial charge in [0.15, 0.2) is 0 Å². The van der Waals surface area contributed by atoms with Gasteiger partial charge in [0, 0.05) is 24.4 Å². The van der Waals surface area contributed by atoms with Crippen LogP contribution in [0.5, 0.6) is 0 Å². The fraction of sp³-hybridized carbons (Fsp3) is 0.238. The maximum absolute atomic E-state index is 12.3. The first-order chi connectivity index (χ1) is 13.6. The summed E-state index contributed by atoms with van der Waals surface area (Å²) >= 11 is 1.39. The molecule has 0 fully saturated rings. The van der Waals surface area contributed by atoms with E-state index in [4.69, 9.17) is 4.42 Å². The topological polar surface area (TPSA) is 73.3 Å². The van der Waals surface area contributed by atoms with Crippen molar-refractivity contribution in [3.63, 3.8) is 0 Å². The van der Waals surface area contributed by atoms with E-state index in [1.807, 2.05) is 37.3 Å². The molecule has 0 saturated heterocycles. The van der Waals surface area contributed by atoms with Gasteiger partial charge in [0.2, 0.25) is 5.89 Å². The number of aromatic nitrogens is 4. The summed E-state index contributed by atoms with van der Waals surface area (Å²) < 4.78 is 7.32. The Morgan fingerprint density at radius 2 is 1.96 bits per heavy atom. The van der Waals surface area contributed by atoms with E-state index >= 15 is 0 Å². The number of rotatable bonds is 6. The zero-order valence-electron chi connectivity index (χ0n) is 15.7. The molecule has 142 valence electrons. The lowest BCUT2D eigenvalue weighted by Crippen LogP contribution is -2.15. The summed E-state index contributed by atoms with van der Waals surface area (Å²) in [4.78, 5) is 16.8. The van der Waals surface area contributed by atoms with Gasteiger partial charge < -0.3 is 4.42 Å². The van der Waals surface area contributed by atoms with Crippen molar-refractivity contribution < 1.29 is 4.42 Å². The minimum Gasteiger partial charge on any atom is -0.416 e. The van der Waals surface area contributed by atoms with Crippen LogP contribution in [0, 0.1) is 6.92 Å². The molecule has 0 aliphatic rings. The van der Waals surface area contributed by atoms with E-state index in [1.54, 1.807) is 16.7 Å². The van der Waals surface area contributed by atoms with Crippen LogP contribution in [-0.2, 0) is 12.2 Å². The highest BCUT2D eigenvalue weighted by Crippen LogP contribution is 2.24. The van der Waals surface area contributed by atoms with E-state index < -0.39 is 0 Å². The van der Waals surface area contributed by atoms with Crippen molar-refractivity contribution in [2.24, 2.45) is 0 Å². The van der Waals surface area contributed by atoms with E-state index in [0.717, 1.165) is 5.56 Å². The first-order valence-corrected chi connectivity index (χ1v) is 10.1. The van der Waals surface area contributed by atoms with Crippen LogP contribution >= 0.6 is 11.8 Å². The summed E-state index contributed by atoms with van der Waals surface area (Å²) in [5.41, 5.74) is 3.49. The van der Waals surface area contributed by atoms with Crippen molar-refractivity contribution in [1.82, 2.24) is 19.6 Å². The Morgan fingerprint density at radius 3 is 2.79 bits per heavy atom. The van der Waals surface area contributed by atoms with Gasteiger partial charge in [-0.3, -0.25) is 9.20 Å². The number of pyridine rings is 1. The Labute approximate surface area is 166 Å². The predicted octanol–water partition coefficient (Wildman–Crippen LogP) is 4.02. The van der Waals surface area contributed by atoms with E-state index in [0.29, 0.717) is 40.5 Å². The molecule has 0 unspecified atom stereocenters. The number of nitrogens with zero attached hydrogens (tertiary/aromatic N) is 4. The van der Waals surface area contributed by atoms with E-state index in [2.05, 4.69) is 34.2 Å². The molecule has 0 saturated carbocycles. The van der Waals surface area contributed by atoms with Crippen molar-refractivity contribution in [1.29, 1.82) is 0 Å². The third-order valence-electron chi connectivity index (χ3n) is 4.50. The molecule has 0 aliphatic heterocycles. The molecule has 28 heavy (non-hydrogen) atoms. The van der Waals surface area contributed by atoms with Crippen molar-refractivity contribution >= 4 is 17.4 Å². The summed E-state index contributed by atoms with van der Waals surface area (Å²) in [5.74, 6) is 1.40. The van der Waals surface area contributed by atoms with Gasteiger partial charge in [-0.25, -0.2) is 4.98 Å². The number of thioether (sulfide) groups is 1. The van der Waals surface area contributed by atoms with Gasteiger partial charge in [-0.15, -0.1) is 10.2 Å². The fourth-order valence-corrected chi connectivity index (χ4v) is 3.68. The van der Waals surface area contributed by atoms with Gasteiger partial charge in [0.25, 0.3) is 10.8 Å². The molecule has 3 aromatic heterocycles. The highest BCUT2D eigenvalue weighted by molar-refractivity contribution is 7.98. The van der Waals surface area contributed by atoms with Crippen LogP contribution in [0.15, 0.2) is 69.2 Å². The zero-order valence-corrected chi connectivity index (χ0v) is 16.5. The average molecular weight is 392 g/mol. The van der Waals surface area contributed by atoms with Crippen LogP contribution in [0.2, 0.25) is 0 Å². The first kappa shape index (κ1) is 18.4. The Balaban J connectivity index is 1.43. The molecule has 0 amide bonds. The van der Waals surface area contributed by atoms with Crippen molar-refractivity contribution in [2.75, 3.05) is 0 Å². The summed E-state index contributed by atoms with van der Waals surface area (Å²) in [6.07, 6.45) is 2.48. The van der Waals surface area contributed by atoms with Crippen LogP contribution < -0.4 is 5.56 Å². The Bertz CT molecular complexity index is 1150. The molecule has 4 aromatic rings. The van der Waals surface area contributed by atoms with Crippen LogP contribution in [0.4, 0.5) is 0 Å². The minimum absolute atomic E-state index is 0.0906. The number of aryl methyl sites for hydroxylation is 1. The molecule has 7 heteroatoms. The fourth-order valence-electron chi connectivity index (χ4n) is 3.01. The first-order valence-electron chi connectivity index (χ1n) is 9.07. The second-order valence-electron chi connectivity index (χ2n) is 6.79. The monoisotopic (exact) mass is 392 g/mol. The van der Waals surface area contributed by atoms with Gasteiger partial charge in [0.05, 0.1) is 5.69 Å². The standard InChI is InChI=1S/C21H20N4O2S/c1-14-8-9-18-22-17(11-20(26)25(18)12-14)13-28-21-24-23-19(27-21)10-15(2)16-6-4-3-5-7-16/h3-9,11-12,15H,10,13H2,1-2H3/t15-/m1/s1. The highest BCUT2D eigenvalue weighted by Gasteiger charge is 2.13. The minimum atomic E-state index is -0.0906. The summed E-state index contributed by atoms with van der Waals surface area (Å²) in [7, 11) is 0. The largest absolute Gasteiger partial charge is 0.416 e. The summed E-state index contributed by atoms with van der Waals surface area (Å²) in [5, 5.41) is 8.74. The van der Waals surface area contributed by atoms with Crippen LogP contribution in [0.3, 0.4) is 0 Å². The molecule has 4 rings (SSSR count). The molecule has 1 aromatic carbocycles. The van der Waals surface area contributed by atoms with Crippen molar-refractivity contribution in [2.45, 2.75) is 37.2 Å². The number of benzene rings is 1. The molecule has 0 radical (unpaired) electrons. The quantitative estimate of drug-likeness (QED) is 0.461. The molecule has 0 bridgehead atoms. The van der Waals surface area contributed by atoms with Crippen LogP contribution in [0.1, 0.15) is 35.6 Å². The molecule has 3 heterocycles. The van der Waals surface area contributed by atoms with Gasteiger partial charge in [0.1, 0.15) is 5.65 Å². The second kappa shape index (κ2) is 7.98. The van der Waals surface area contributed by atoms with Crippen molar-refractivity contribution in [3.05, 3.63) is 87.8 Å². The molecule has 6 nitrogen and oxygen atoms in total. The van der Waals surface area contributed by atoms with Gasteiger partial charge >= 0.3 is 0 Å². The molecule has 0 spiro atoms. The number of fused-ring (bicyclic) bond motifs is 1. The maximum Gasteiger partial charge on any atom is 0.276 e. The third-order valence-corrected chi connectivity index (χ3v) is 5.35. The molecule has 1 atom stereocenters. The predicted molar refractivity (Wildman–Crippen MR) is 109 cm³/mol. The number of hydrogen-bond acceptors (Lipinski definition) is 6. The zero-order chi connectivity index (χ0) is 19.5. The van der Waals surface area contributed by atoms with Crippen LogP contribution in [-0.4, -0.2) is 19.6 Å². The summed E-state index contributed by atoms with van der Waals surface area (Å²) in [6, 6.07) is 15.6. The van der Waals surface area contributed by atoms with Gasteiger partial charge in [-0.2, -0.15) is 0 Å². The Hall–Kier alpha value is -2.93. The normalized spacial score (nSPS) is 12.4. The van der Waals surface area contributed by atoms with Gasteiger partial charge in [-0.1, -0.05) is 55.1 Å². The summed E-state index contributed by atoms with van der Waals surface area (Å²) in [6.45, 7) is 4.09. The average Bonchev–Trinajstić information content (AvgIpc) is 3.15. The molecular weight excluding hydrogens is 372 g/mol. The maximum atomic E-state index is 12.3. The smallest absolute Gasteiger partial charge is 0.276 e. The molecule has 0 N–H and O–H groups in total. The van der Waals surface area contributed by atoms with E-state index in [-0.39, 0.29) is 5.56 Å². The lowest BCUT2D eigenvalue weighted by atomic mass is 9.98. The van der Waals surface area contributed by atoms with E-state index in [9.17, 15) is 4.79 Å². The highest BCUT2D eigenvalue weighted by atomic mass is 32.2.